The number of amides is 1. The van der Waals surface area contributed by atoms with Crippen LogP contribution in [0, 0.1) is 5.82 Å². The van der Waals surface area contributed by atoms with Gasteiger partial charge in [-0.25, -0.2) is 4.39 Å². The zero-order valence-corrected chi connectivity index (χ0v) is 14.6. The Morgan fingerprint density at radius 2 is 1.85 bits per heavy atom. The van der Waals surface area contributed by atoms with Gasteiger partial charge in [-0.2, -0.15) is 0 Å². The number of fused-ring (bicyclic) bond motifs is 1. The third-order valence-electron chi connectivity index (χ3n) is 4.02. The third kappa shape index (κ3) is 3.55. The van der Waals surface area contributed by atoms with E-state index >= 15 is 0 Å². The van der Waals surface area contributed by atoms with Crippen LogP contribution in [0.25, 0.3) is 10.4 Å². The topological polar surface area (TPSA) is 47.6 Å². The maximum atomic E-state index is 13.0. The monoisotopic (exact) mass is 369 g/mol. The first-order chi connectivity index (χ1) is 12.7. The average Bonchev–Trinajstić information content (AvgIpc) is 3.17. The Morgan fingerprint density at radius 1 is 1.08 bits per heavy atom. The van der Waals surface area contributed by atoms with Crippen molar-refractivity contribution in [2.45, 2.75) is 6.10 Å². The quantitative estimate of drug-likeness (QED) is 0.752. The highest BCUT2D eigenvalue weighted by molar-refractivity contribution is 7.17. The van der Waals surface area contributed by atoms with Crippen LogP contribution in [0.2, 0.25) is 0 Å². The molecule has 1 atom stereocenters. The van der Waals surface area contributed by atoms with E-state index in [-0.39, 0.29) is 17.8 Å². The van der Waals surface area contributed by atoms with Gasteiger partial charge in [0.25, 0.3) is 5.91 Å². The molecule has 0 unspecified atom stereocenters. The lowest BCUT2D eigenvalue weighted by Crippen LogP contribution is -2.40. The van der Waals surface area contributed by atoms with Crippen molar-refractivity contribution in [1.29, 1.82) is 0 Å². The highest BCUT2D eigenvalue weighted by Gasteiger charge is 2.21. The number of para-hydroxylation sites is 2. The van der Waals surface area contributed by atoms with Gasteiger partial charge in [0, 0.05) is 4.88 Å². The number of carbonyl (C=O) groups excluding carboxylic acids is 1. The predicted octanol–water partition coefficient (Wildman–Crippen LogP) is 4.12. The Kier molecular flexibility index (Phi) is 4.58. The van der Waals surface area contributed by atoms with Crippen molar-refractivity contribution < 1.29 is 18.7 Å². The van der Waals surface area contributed by atoms with E-state index in [9.17, 15) is 9.18 Å². The second-order valence-corrected chi connectivity index (χ2v) is 6.96. The van der Waals surface area contributed by atoms with E-state index in [1.807, 2.05) is 30.3 Å². The Hall–Kier alpha value is -2.86. The molecule has 0 bridgehead atoms. The molecule has 6 heteroatoms. The van der Waals surface area contributed by atoms with Gasteiger partial charge in [0.15, 0.2) is 11.5 Å². The van der Waals surface area contributed by atoms with Gasteiger partial charge in [0.1, 0.15) is 18.5 Å². The fourth-order valence-electron chi connectivity index (χ4n) is 2.69. The van der Waals surface area contributed by atoms with Gasteiger partial charge in [-0.1, -0.05) is 24.3 Å². The third-order valence-corrected chi connectivity index (χ3v) is 5.15. The summed E-state index contributed by atoms with van der Waals surface area (Å²) in [6, 6.07) is 17.3. The van der Waals surface area contributed by atoms with Crippen molar-refractivity contribution in [2.75, 3.05) is 13.2 Å². The van der Waals surface area contributed by atoms with Gasteiger partial charge in [0.05, 0.1) is 11.4 Å². The Morgan fingerprint density at radius 3 is 2.65 bits per heavy atom. The first kappa shape index (κ1) is 16.6. The molecule has 26 heavy (non-hydrogen) atoms. The SMILES string of the molecule is O=C(NC[C@@H]1COc2ccccc2O1)c1ccc(-c2ccc(F)cc2)s1. The van der Waals surface area contributed by atoms with E-state index in [4.69, 9.17) is 9.47 Å². The number of ether oxygens (including phenoxy) is 2. The van der Waals surface area contributed by atoms with E-state index in [1.165, 1.54) is 23.5 Å². The zero-order valence-electron chi connectivity index (χ0n) is 13.8. The normalized spacial score (nSPS) is 15.5. The van der Waals surface area contributed by atoms with Crippen LogP contribution in [0.3, 0.4) is 0 Å². The highest BCUT2D eigenvalue weighted by atomic mass is 32.1. The number of hydrogen-bond acceptors (Lipinski definition) is 4. The molecule has 0 saturated heterocycles. The molecular formula is C20H16FNO3S. The molecule has 4 nitrogen and oxygen atoms in total. The minimum absolute atomic E-state index is 0.161. The van der Waals surface area contributed by atoms with Crippen LogP contribution in [0.4, 0.5) is 4.39 Å². The number of rotatable bonds is 4. The van der Waals surface area contributed by atoms with Crippen LogP contribution in [0.1, 0.15) is 9.67 Å². The average molecular weight is 369 g/mol. The summed E-state index contributed by atoms with van der Waals surface area (Å²) in [6.45, 7) is 0.750. The summed E-state index contributed by atoms with van der Waals surface area (Å²) in [7, 11) is 0. The summed E-state index contributed by atoms with van der Waals surface area (Å²) in [5, 5.41) is 2.88. The van der Waals surface area contributed by atoms with Gasteiger partial charge in [-0.3, -0.25) is 4.79 Å². The molecule has 0 spiro atoms. The molecule has 2 heterocycles. The molecule has 1 aliphatic heterocycles. The Balaban J connectivity index is 1.36. The zero-order chi connectivity index (χ0) is 17.9. The molecule has 0 aliphatic carbocycles. The van der Waals surface area contributed by atoms with E-state index in [0.29, 0.717) is 23.8 Å². The second-order valence-electron chi connectivity index (χ2n) is 5.88. The minimum Gasteiger partial charge on any atom is -0.486 e. The van der Waals surface area contributed by atoms with Gasteiger partial charge in [-0.05, 0) is 42.0 Å². The summed E-state index contributed by atoms with van der Waals surface area (Å²) >= 11 is 1.37. The highest BCUT2D eigenvalue weighted by Crippen LogP contribution is 2.31. The number of nitrogens with one attached hydrogen (secondary N) is 1. The minimum atomic E-state index is -0.278. The van der Waals surface area contributed by atoms with Crippen LogP contribution in [-0.2, 0) is 0 Å². The standard InChI is InChI=1S/C20H16FNO3S/c21-14-7-5-13(6-8-14)18-9-10-19(26-18)20(23)22-11-15-12-24-16-3-1-2-4-17(16)25-15/h1-10,15H,11-12H2,(H,22,23)/t15-/m1/s1. The maximum absolute atomic E-state index is 13.0. The van der Waals surface area contributed by atoms with Crippen LogP contribution in [0.5, 0.6) is 11.5 Å². The number of hydrogen-bond donors (Lipinski definition) is 1. The summed E-state index contributed by atoms with van der Waals surface area (Å²) in [5.74, 6) is 0.968. The summed E-state index contributed by atoms with van der Waals surface area (Å²) in [4.78, 5) is 13.9. The smallest absolute Gasteiger partial charge is 0.261 e. The first-order valence-corrected chi connectivity index (χ1v) is 9.03. The van der Waals surface area contributed by atoms with E-state index in [2.05, 4.69) is 5.32 Å². The van der Waals surface area contributed by atoms with Crippen molar-refractivity contribution in [2.24, 2.45) is 0 Å². The molecule has 1 N–H and O–H groups in total. The van der Waals surface area contributed by atoms with Crippen molar-refractivity contribution in [1.82, 2.24) is 5.32 Å². The molecule has 0 radical (unpaired) electrons. The summed E-state index contributed by atoms with van der Waals surface area (Å²) in [6.07, 6.45) is -0.231. The van der Waals surface area contributed by atoms with Crippen molar-refractivity contribution in [3.05, 3.63) is 71.4 Å². The lowest BCUT2D eigenvalue weighted by atomic mass is 10.2. The predicted molar refractivity (Wildman–Crippen MR) is 98.4 cm³/mol. The molecule has 1 amide bonds. The van der Waals surface area contributed by atoms with E-state index in [1.54, 1.807) is 18.2 Å². The molecule has 2 aromatic carbocycles. The van der Waals surface area contributed by atoms with Crippen LogP contribution in [-0.4, -0.2) is 25.2 Å². The van der Waals surface area contributed by atoms with Crippen molar-refractivity contribution >= 4 is 17.2 Å². The number of benzene rings is 2. The summed E-state index contributed by atoms with van der Waals surface area (Å²) in [5.41, 5.74) is 0.885. The van der Waals surface area contributed by atoms with Crippen LogP contribution >= 0.6 is 11.3 Å². The van der Waals surface area contributed by atoms with Crippen LogP contribution in [0.15, 0.2) is 60.7 Å². The summed E-state index contributed by atoms with van der Waals surface area (Å²) < 4.78 is 24.5. The Labute approximate surface area is 154 Å². The molecule has 0 fully saturated rings. The lowest BCUT2D eigenvalue weighted by Gasteiger charge is -2.26. The number of carbonyl (C=O) groups is 1. The Bertz CT molecular complexity index is 923. The fraction of sp³-hybridized carbons (Fsp3) is 0.150. The molecule has 1 aromatic heterocycles. The first-order valence-electron chi connectivity index (χ1n) is 8.21. The van der Waals surface area contributed by atoms with E-state index in [0.717, 1.165) is 16.2 Å². The number of thiophene rings is 1. The van der Waals surface area contributed by atoms with Gasteiger partial charge in [0.2, 0.25) is 0 Å². The van der Waals surface area contributed by atoms with Gasteiger partial charge >= 0.3 is 0 Å². The van der Waals surface area contributed by atoms with Gasteiger partial charge in [-0.15, -0.1) is 11.3 Å². The maximum Gasteiger partial charge on any atom is 0.261 e. The van der Waals surface area contributed by atoms with Crippen LogP contribution < -0.4 is 14.8 Å². The largest absolute Gasteiger partial charge is 0.486 e. The molecule has 4 rings (SSSR count). The molecular weight excluding hydrogens is 353 g/mol. The van der Waals surface area contributed by atoms with Gasteiger partial charge < -0.3 is 14.8 Å². The second kappa shape index (κ2) is 7.17. The fourth-order valence-corrected chi connectivity index (χ4v) is 3.61. The number of halogens is 1. The molecule has 0 saturated carbocycles. The van der Waals surface area contributed by atoms with E-state index < -0.39 is 0 Å². The molecule has 132 valence electrons. The van der Waals surface area contributed by atoms with Crippen molar-refractivity contribution in [3.8, 4) is 21.9 Å². The molecule has 1 aliphatic rings. The van der Waals surface area contributed by atoms with Crippen molar-refractivity contribution in [3.63, 3.8) is 0 Å². The lowest BCUT2D eigenvalue weighted by molar-refractivity contribution is 0.0791. The molecule has 3 aromatic rings.